The Labute approximate surface area is 93.3 Å². The van der Waals surface area contributed by atoms with Gasteiger partial charge in [-0.2, -0.15) is 0 Å². The summed E-state index contributed by atoms with van der Waals surface area (Å²) in [5.74, 6) is 1.99. The van der Waals surface area contributed by atoms with Gasteiger partial charge in [0.05, 0.1) is 0 Å². The second-order valence-corrected chi connectivity index (χ2v) is 8.77. The standard InChI is InChI=1S/C10H11AsClNO/c1-11(2)5-9(7-14)8-3-4-10(12)13-6-8/h3-4,6H,5H2,1-2H3. The number of hydrogen-bond donors (Lipinski definition) is 0. The number of hydrogen-bond acceptors (Lipinski definition) is 2. The van der Waals surface area contributed by atoms with Crippen LogP contribution in [0.3, 0.4) is 0 Å². The van der Waals surface area contributed by atoms with Crippen molar-refractivity contribution >= 4 is 37.8 Å². The van der Waals surface area contributed by atoms with Crippen molar-refractivity contribution in [3.05, 3.63) is 29.0 Å². The van der Waals surface area contributed by atoms with E-state index in [9.17, 15) is 4.79 Å². The van der Waals surface area contributed by atoms with E-state index in [0.717, 1.165) is 16.3 Å². The van der Waals surface area contributed by atoms with Gasteiger partial charge in [0.15, 0.2) is 0 Å². The Kier molecular flexibility index (Phi) is 4.41. The molecule has 0 saturated heterocycles. The van der Waals surface area contributed by atoms with E-state index in [1.54, 1.807) is 12.3 Å². The molecule has 1 aromatic heterocycles. The number of allylic oxidation sites excluding steroid dienone is 1. The number of halogens is 1. The van der Waals surface area contributed by atoms with Crippen molar-refractivity contribution < 1.29 is 4.79 Å². The first-order valence-electron chi connectivity index (χ1n) is 4.14. The first-order chi connectivity index (χ1) is 6.63. The van der Waals surface area contributed by atoms with Crippen molar-refractivity contribution in [1.82, 2.24) is 4.98 Å². The molecule has 0 aliphatic carbocycles. The van der Waals surface area contributed by atoms with Crippen molar-refractivity contribution in [3.8, 4) is 0 Å². The summed E-state index contributed by atoms with van der Waals surface area (Å²) in [7, 11) is 0. The summed E-state index contributed by atoms with van der Waals surface area (Å²) in [4.78, 5) is 14.7. The third-order valence-electron chi connectivity index (χ3n) is 1.67. The number of rotatable bonds is 3. The van der Waals surface area contributed by atoms with Crippen LogP contribution >= 0.6 is 11.6 Å². The van der Waals surface area contributed by atoms with E-state index >= 15 is 0 Å². The van der Waals surface area contributed by atoms with Crippen LogP contribution in [0.15, 0.2) is 18.3 Å². The van der Waals surface area contributed by atoms with Crippen molar-refractivity contribution in [2.45, 2.75) is 16.6 Å². The van der Waals surface area contributed by atoms with Gasteiger partial charge >= 0.3 is 93.2 Å². The molecule has 14 heavy (non-hydrogen) atoms. The third kappa shape index (κ3) is 3.30. The van der Waals surface area contributed by atoms with Crippen LogP contribution in [0.5, 0.6) is 0 Å². The molecule has 0 unspecified atom stereocenters. The second kappa shape index (κ2) is 5.36. The number of aromatic nitrogens is 1. The molecular weight excluding hydrogens is 260 g/mol. The first kappa shape index (κ1) is 11.5. The summed E-state index contributed by atoms with van der Waals surface area (Å²) < 4.78 is 0. The summed E-state index contributed by atoms with van der Waals surface area (Å²) >= 11 is 4.81. The van der Waals surface area contributed by atoms with E-state index in [1.165, 1.54) is 0 Å². The Morgan fingerprint density at radius 3 is 2.71 bits per heavy atom. The van der Waals surface area contributed by atoms with Crippen LogP contribution in [-0.4, -0.2) is 25.6 Å². The van der Waals surface area contributed by atoms with Gasteiger partial charge < -0.3 is 0 Å². The number of pyridine rings is 1. The van der Waals surface area contributed by atoms with Gasteiger partial charge in [-0.05, 0) is 0 Å². The molecule has 4 heteroatoms. The zero-order chi connectivity index (χ0) is 10.6. The molecule has 0 N–H and O–H groups in total. The van der Waals surface area contributed by atoms with Gasteiger partial charge in [0.1, 0.15) is 0 Å². The summed E-state index contributed by atoms with van der Waals surface area (Å²) in [6.07, 6.45) is 1.63. The molecule has 1 rings (SSSR count). The van der Waals surface area contributed by atoms with Crippen LogP contribution in [0.25, 0.3) is 5.57 Å². The van der Waals surface area contributed by atoms with E-state index in [1.807, 2.05) is 12.0 Å². The normalized spacial score (nSPS) is 10.0. The number of nitrogens with zero attached hydrogens (tertiary/aromatic N) is 1. The van der Waals surface area contributed by atoms with E-state index in [-0.39, 0.29) is 0 Å². The molecule has 0 atom stereocenters. The molecule has 1 heterocycles. The second-order valence-electron chi connectivity index (χ2n) is 3.19. The van der Waals surface area contributed by atoms with Crippen LogP contribution in [-0.2, 0) is 4.79 Å². The van der Waals surface area contributed by atoms with Gasteiger partial charge in [0, 0.05) is 0 Å². The Bertz CT molecular complexity index is 355. The molecule has 0 aliphatic heterocycles. The van der Waals surface area contributed by atoms with Gasteiger partial charge in [-0.1, -0.05) is 0 Å². The molecule has 74 valence electrons. The maximum absolute atomic E-state index is 10.7. The van der Waals surface area contributed by atoms with Gasteiger partial charge in [-0.15, -0.1) is 0 Å². The van der Waals surface area contributed by atoms with Gasteiger partial charge in [-0.25, -0.2) is 0 Å². The quantitative estimate of drug-likeness (QED) is 0.481. The van der Waals surface area contributed by atoms with Crippen molar-refractivity contribution in [2.75, 3.05) is 0 Å². The molecule has 0 aromatic carbocycles. The number of carbonyl (C=O) groups excluding carboxylic acids is 1. The van der Waals surface area contributed by atoms with Gasteiger partial charge in [0.25, 0.3) is 0 Å². The van der Waals surface area contributed by atoms with E-state index in [0.29, 0.717) is 5.15 Å². The topological polar surface area (TPSA) is 30.0 Å². The predicted octanol–water partition coefficient (Wildman–Crippen LogP) is 2.70. The molecule has 0 bridgehead atoms. The molecule has 0 spiro atoms. The summed E-state index contributed by atoms with van der Waals surface area (Å²) in [6, 6.07) is 3.50. The monoisotopic (exact) mass is 271 g/mol. The van der Waals surface area contributed by atoms with E-state index in [4.69, 9.17) is 11.6 Å². The Hall–Kier alpha value is -0.552. The van der Waals surface area contributed by atoms with Gasteiger partial charge in [0.2, 0.25) is 0 Å². The minimum absolute atomic E-state index is 0.446. The van der Waals surface area contributed by atoms with Crippen molar-refractivity contribution in [2.24, 2.45) is 0 Å². The van der Waals surface area contributed by atoms with Crippen LogP contribution in [0.4, 0.5) is 0 Å². The van der Waals surface area contributed by atoms with Crippen LogP contribution in [0, 0.1) is 0 Å². The molecule has 1 aromatic rings. The fourth-order valence-electron chi connectivity index (χ4n) is 1.05. The maximum atomic E-state index is 10.7. The van der Waals surface area contributed by atoms with Crippen LogP contribution in [0.1, 0.15) is 5.56 Å². The molecule has 0 radical (unpaired) electrons. The zero-order valence-corrected chi connectivity index (χ0v) is 10.8. The fraction of sp³-hybridized carbons (Fsp3) is 0.300. The third-order valence-corrected chi connectivity index (χ3v) is 3.89. The molecule has 0 fully saturated rings. The Morgan fingerprint density at radius 2 is 2.29 bits per heavy atom. The molecule has 0 saturated carbocycles. The summed E-state index contributed by atoms with van der Waals surface area (Å²) in [5, 5.41) is 1.31. The molecule has 0 amide bonds. The molecular formula is C10H11AsClNO. The zero-order valence-electron chi connectivity index (χ0n) is 8.12. The van der Waals surface area contributed by atoms with Crippen molar-refractivity contribution in [1.29, 1.82) is 0 Å². The SMILES string of the molecule is C[As](C)CC(=C=O)c1ccc(Cl)nc1. The van der Waals surface area contributed by atoms with Crippen LogP contribution < -0.4 is 0 Å². The summed E-state index contributed by atoms with van der Waals surface area (Å²) in [5.41, 5.74) is 5.97. The predicted molar refractivity (Wildman–Crippen MR) is 60.6 cm³/mol. The minimum atomic E-state index is -0.849. The van der Waals surface area contributed by atoms with Gasteiger partial charge in [-0.3, -0.25) is 0 Å². The van der Waals surface area contributed by atoms with Crippen LogP contribution in [0.2, 0.25) is 21.8 Å². The van der Waals surface area contributed by atoms with Crippen molar-refractivity contribution in [3.63, 3.8) is 0 Å². The van der Waals surface area contributed by atoms with E-state index < -0.39 is 14.7 Å². The van der Waals surface area contributed by atoms with E-state index in [2.05, 4.69) is 16.4 Å². The first-order valence-corrected chi connectivity index (χ1v) is 9.60. The average molecular weight is 272 g/mol. The fourth-order valence-corrected chi connectivity index (χ4v) is 3.01. The summed E-state index contributed by atoms with van der Waals surface area (Å²) in [6.45, 7) is 0. The molecule has 0 aliphatic rings. The molecule has 2 nitrogen and oxygen atoms in total. The Balaban J connectivity index is 2.91. The average Bonchev–Trinajstić information content (AvgIpc) is 2.15. The Morgan fingerprint density at radius 1 is 1.57 bits per heavy atom.